The van der Waals surface area contributed by atoms with Gasteiger partial charge in [0.05, 0.1) is 0 Å². The summed E-state index contributed by atoms with van der Waals surface area (Å²) in [6, 6.07) is 0. The molecular formula is C26H42N4O6S2+4. The van der Waals surface area contributed by atoms with Crippen LogP contribution in [0.4, 0.5) is 0 Å². The van der Waals surface area contributed by atoms with Crippen LogP contribution < -0.4 is 10.8 Å². The molecule has 0 amide bonds. The van der Waals surface area contributed by atoms with Gasteiger partial charge in [-0.3, -0.25) is 10.8 Å². The smallest absolute Gasteiger partial charge is 0.254 e. The van der Waals surface area contributed by atoms with Crippen molar-refractivity contribution in [3.63, 3.8) is 0 Å². The van der Waals surface area contributed by atoms with Gasteiger partial charge in [-0.25, -0.2) is 0 Å². The lowest BCUT2D eigenvalue weighted by atomic mass is 10.0. The Hall–Kier alpha value is -2.48. The lowest BCUT2D eigenvalue weighted by molar-refractivity contribution is -1.08. The molecule has 0 aromatic rings. The van der Waals surface area contributed by atoms with Crippen molar-refractivity contribution in [2.24, 2.45) is 0 Å². The molecule has 2 aliphatic rings. The Morgan fingerprint density at radius 2 is 0.895 bits per heavy atom. The molecule has 2 aliphatic carbocycles. The third kappa shape index (κ3) is 7.13. The van der Waals surface area contributed by atoms with Crippen LogP contribution in [0.3, 0.4) is 0 Å². The van der Waals surface area contributed by atoms with Crippen molar-refractivity contribution in [2.45, 2.75) is 41.5 Å². The molecule has 38 heavy (non-hydrogen) atoms. The fourth-order valence-corrected chi connectivity index (χ4v) is 7.18. The van der Waals surface area contributed by atoms with Gasteiger partial charge in [-0.1, -0.05) is 20.7 Å². The summed E-state index contributed by atoms with van der Waals surface area (Å²) in [7, 11) is -8.43. The highest BCUT2D eigenvalue weighted by Crippen LogP contribution is 2.30. The summed E-state index contributed by atoms with van der Waals surface area (Å²) >= 11 is 0. The van der Waals surface area contributed by atoms with E-state index in [1.807, 2.05) is 41.5 Å². The largest absolute Gasteiger partial charge is 0.343 e. The predicted molar refractivity (Wildman–Crippen MR) is 148 cm³/mol. The van der Waals surface area contributed by atoms with E-state index in [4.69, 9.17) is 19.4 Å². The van der Waals surface area contributed by atoms with Crippen molar-refractivity contribution >= 4 is 31.7 Å². The van der Waals surface area contributed by atoms with E-state index in [2.05, 4.69) is 0 Å². The zero-order valence-electron chi connectivity index (χ0n) is 23.2. The minimum Gasteiger partial charge on any atom is -0.254 e. The second-order valence-corrected chi connectivity index (χ2v) is 12.0. The molecule has 210 valence electrons. The van der Waals surface area contributed by atoms with E-state index in [1.54, 1.807) is 24.3 Å². The van der Waals surface area contributed by atoms with E-state index in [-0.39, 0.29) is 30.5 Å². The Morgan fingerprint density at radius 1 is 0.605 bits per heavy atom. The molecule has 12 heteroatoms. The Morgan fingerprint density at radius 3 is 1.16 bits per heavy atom. The third-order valence-electron chi connectivity index (χ3n) is 7.03. The average Bonchev–Trinajstić information content (AvgIpc) is 2.90. The molecule has 0 fully saturated rings. The van der Waals surface area contributed by atoms with Gasteiger partial charge in [-0.05, 0) is 64.8 Å². The van der Waals surface area contributed by atoms with Gasteiger partial charge >= 0.3 is 20.2 Å². The van der Waals surface area contributed by atoms with E-state index in [0.29, 0.717) is 50.4 Å². The number of hydroxylamine groups is 6. The van der Waals surface area contributed by atoms with Crippen LogP contribution in [0.5, 0.6) is 0 Å². The molecule has 0 radical (unpaired) electrons. The second-order valence-electron chi connectivity index (χ2n) is 9.00. The van der Waals surface area contributed by atoms with Crippen LogP contribution in [0.25, 0.3) is 0 Å². The van der Waals surface area contributed by atoms with Gasteiger partial charge in [-0.2, -0.15) is 26.1 Å². The van der Waals surface area contributed by atoms with E-state index >= 15 is 0 Å². The van der Waals surface area contributed by atoms with Gasteiger partial charge in [0.15, 0.2) is 11.4 Å². The lowest BCUT2D eigenvalue weighted by Crippen LogP contribution is -2.49. The monoisotopic (exact) mass is 570 g/mol. The van der Waals surface area contributed by atoms with Crippen LogP contribution in [0.1, 0.15) is 41.5 Å². The number of hydrogen-bond donors (Lipinski definition) is 2. The van der Waals surface area contributed by atoms with Crippen molar-refractivity contribution in [2.75, 3.05) is 39.3 Å². The molecule has 0 heterocycles. The Bertz CT molecular complexity index is 1220. The molecule has 0 unspecified atom stereocenters. The first kappa shape index (κ1) is 31.7. The third-order valence-corrected chi connectivity index (χ3v) is 9.84. The molecule has 0 saturated carbocycles. The van der Waals surface area contributed by atoms with Crippen molar-refractivity contribution in [1.82, 2.24) is 0 Å². The van der Waals surface area contributed by atoms with Gasteiger partial charge in [0, 0.05) is 24.3 Å². The summed E-state index contributed by atoms with van der Waals surface area (Å²) in [4.78, 5) is -0.220. The van der Waals surface area contributed by atoms with Crippen LogP contribution in [0.15, 0.2) is 69.6 Å². The van der Waals surface area contributed by atoms with E-state index in [0.717, 1.165) is 0 Å². The summed E-state index contributed by atoms with van der Waals surface area (Å²) < 4.78 is 64.7. The summed E-state index contributed by atoms with van der Waals surface area (Å²) in [5.41, 5.74) is 1.10. The SMILES string of the molecule is CC[N+](CC)(CC)OS(=O)(=O)C1=CC(=[NH2+])C=CC1=CC=C1C=CC(=[NH2+])C=C1S(=O)(=O)O[N+](CC)(CC)CC. The molecule has 2 rings (SSSR count). The van der Waals surface area contributed by atoms with Crippen LogP contribution in [0, 0.1) is 0 Å². The van der Waals surface area contributed by atoms with Crippen LogP contribution >= 0.6 is 0 Å². The Balaban J connectivity index is 2.56. The summed E-state index contributed by atoms with van der Waals surface area (Å²) in [5.74, 6) is 0. The number of hydrogen-bond acceptors (Lipinski definition) is 6. The summed E-state index contributed by atoms with van der Waals surface area (Å²) in [5, 5.41) is 11.9. The molecule has 0 spiro atoms. The Labute approximate surface area is 227 Å². The van der Waals surface area contributed by atoms with Gasteiger partial charge in [0.25, 0.3) is 0 Å². The predicted octanol–water partition coefficient (Wildman–Crippen LogP) is 0.423. The fraction of sp³-hybridized carbons (Fsp3) is 0.462. The van der Waals surface area contributed by atoms with Gasteiger partial charge in [0.1, 0.15) is 49.1 Å². The first-order valence-corrected chi connectivity index (χ1v) is 15.7. The number of quaternary nitrogens is 2. The maximum Gasteiger partial charge on any atom is 0.343 e. The van der Waals surface area contributed by atoms with Gasteiger partial charge < -0.3 is 0 Å². The second kappa shape index (κ2) is 12.6. The number of allylic oxidation sites excluding steroid dienone is 10. The topological polar surface area (TPSA) is 138 Å². The minimum atomic E-state index is -4.22. The highest BCUT2D eigenvalue weighted by Gasteiger charge is 2.37. The fourth-order valence-electron chi connectivity index (χ4n) is 4.14. The van der Waals surface area contributed by atoms with Crippen molar-refractivity contribution in [1.29, 1.82) is 0 Å². The van der Waals surface area contributed by atoms with Crippen molar-refractivity contribution in [3.8, 4) is 0 Å². The molecule has 10 nitrogen and oxygen atoms in total. The standard InChI is InChI=1S/C26H40N4O6S2/c1-7-29(8-2,9-3)35-37(31,32)25-19-23(27)17-15-21(25)13-14-22-16-18-24(28)20-26(22)38(33,34)36-30(10-4,11-5)12-6/h13-20,27-28H,7-12H2,1-6H3/q+2/p+2. The molecule has 0 aromatic carbocycles. The maximum absolute atomic E-state index is 13.4. The highest BCUT2D eigenvalue weighted by molar-refractivity contribution is 7.91. The quantitative estimate of drug-likeness (QED) is 0.243. The first-order chi connectivity index (χ1) is 17.8. The van der Waals surface area contributed by atoms with E-state index in [1.165, 1.54) is 24.3 Å². The molecule has 0 bridgehead atoms. The van der Waals surface area contributed by atoms with Gasteiger partial charge in [-0.15, -0.1) is 0 Å². The minimum absolute atomic E-state index is 0.0791. The number of rotatable bonds is 13. The summed E-state index contributed by atoms with van der Waals surface area (Å²) in [6.07, 6.45) is 11.9. The number of nitrogens with two attached hydrogens (primary N) is 2. The lowest BCUT2D eigenvalue weighted by Gasteiger charge is -2.31. The van der Waals surface area contributed by atoms with Crippen molar-refractivity contribution in [3.05, 3.63) is 69.6 Å². The van der Waals surface area contributed by atoms with Crippen molar-refractivity contribution < 1.29 is 45.5 Å². The molecule has 4 N–H and O–H groups in total. The molecule has 0 saturated heterocycles. The average molecular weight is 571 g/mol. The summed E-state index contributed by atoms with van der Waals surface area (Å²) in [6.45, 7) is 13.9. The van der Waals surface area contributed by atoms with Crippen LogP contribution in [-0.2, 0) is 28.8 Å². The molecule has 0 aliphatic heterocycles. The van der Waals surface area contributed by atoms with Crippen LogP contribution in [0.2, 0.25) is 0 Å². The molecule has 0 aromatic heterocycles. The highest BCUT2D eigenvalue weighted by atomic mass is 32.2. The van der Waals surface area contributed by atoms with E-state index < -0.39 is 20.2 Å². The normalized spacial score (nSPS) is 19.3. The van der Waals surface area contributed by atoms with Gasteiger partial charge in [0.2, 0.25) is 0 Å². The maximum atomic E-state index is 13.4. The Kier molecular flexibility index (Phi) is 10.5. The van der Waals surface area contributed by atoms with Crippen LogP contribution in [-0.4, -0.2) is 76.8 Å². The first-order valence-electron chi connectivity index (χ1n) is 12.9. The van der Waals surface area contributed by atoms with E-state index in [9.17, 15) is 16.8 Å². The number of nitrogens with zero attached hydrogens (tertiary/aromatic N) is 2. The zero-order chi connectivity index (χ0) is 28.8. The zero-order valence-corrected chi connectivity index (χ0v) is 24.8. The molecule has 0 atom stereocenters. The molecular weight excluding hydrogens is 528 g/mol.